The van der Waals surface area contributed by atoms with Gasteiger partial charge in [0.05, 0.1) is 10.5 Å². The number of nitrogens with one attached hydrogen (secondary N) is 2. The van der Waals surface area contributed by atoms with Gasteiger partial charge in [0.25, 0.3) is 5.91 Å². The van der Waals surface area contributed by atoms with Crippen LogP contribution >= 0.6 is 0 Å². The summed E-state index contributed by atoms with van der Waals surface area (Å²) in [4.78, 5) is 23.9. The van der Waals surface area contributed by atoms with Gasteiger partial charge in [-0.2, -0.15) is 0 Å². The maximum absolute atomic E-state index is 12.0. The highest BCUT2D eigenvalue weighted by Gasteiger charge is 2.15. The van der Waals surface area contributed by atoms with Crippen LogP contribution in [0.1, 0.15) is 22.8 Å². The molecule has 0 saturated heterocycles. The Labute approximate surface area is 152 Å². The molecule has 0 unspecified atom stereocenters. The van der Waals surface area contributed by atoms with E-state index in [1.54, 1.807) is 19.1 Å². The number of hydrogen-bond donors (Lipinski definition) is 2. The smallest absolute Gasteiger partial charge is 0.338 e. The van der Waals surface area contributed by atoms with Crippen molar-refractivity contribution in [2.24, 2.45) is 0 Å². The number of para-hydroxylation sites is 1. The normalized spacial score (nSPS) is 11.0. The molecule has 0 aliphatic rings. The van der Waals surface area contributed by atoms with Crippen LogP contribution in [-0.2, 0) is 19.6 Å². The van der Waals surface area contributed by atoms with E-state index in [1.807, 2.05) is 19.1 Å². The summed E-state index contributed by atoms with van der Waals surface area (Å²) in [6, 6.07) is 12.5. The van der Waals surface area contributed by atoms with Gasteiger partial charge in [-0.25, -0.2) is 17.9 Å². The van der Waals surface area contributed by atoms with Crippen molar-refractivity contribution < 1.29 is 22.7 Å². The number of hydrogen-bond acceptors (Lipinski definition) is 5. The summed E-state index contributed by atoms with van der Waals surface area (Å²) < 4.78 is 31.0. The molecular weight excluding hydrogens is 356 g/mol. The summed E-state index contributed by atoms with van der Waals surface area (Å²) in [7, 11) is -3.58. The van der Waals surface area contributed by atoms with Crippen molar-refractivity contribution in [2.75, 3.05) is 18.5 Å². The van der Waals surface area contributed by atoms with Gasteiger partial charge in [-0.1, -0.05) is 25.1 Å². The number of esters is 1. The number of ether oxygens (including phenoxy) is 1. The minimum absolute atomic E-state index is 0.0493. The van der Waals surface area contributed by atoms with E-state index >= 15 is 0 Å². The minimum atomic E-state index is -3.58. The van der Waals surface area contributed by atoms with E-state index < -0.39 is 28.5 Å². The number of carbonyl (C=O) groups excluding carboxylic acids is 2. The van der Waals surface area contributed by atoms with Crippen molar-refractivity contribution in [3.05, 3.63) is 59.7 Å². The molecule has 0 aliphatic heterocycles. The number of amides is 1. The Morgan fingerprint density at radius 2 is 1.69 bits per heavy atom. The second kappa shape index (κ2) is 8.59. The summed E-state index contributed by atoms with van der Waals surface area (Å²) in [5, 5.41) is 2.66. The first-order valence-corrected chi connectivity index (χ1v) is 9.44. The topological polar surface area (TPSA) is 102 Å². The molecule has 7 nitrogen and oxygen atoms in total. The fourth-order valence-electron chi connectivity index (χ4n) is 2.16. The van der Waals surface area contributed by atoms with Crippen LogP contribution in [0.2, 0.25) is 0 Å². The van der Waals surface area contributed by atoms with Gasteiger partial charge in [-0.05, 0) is 42.8 Å². The fraction of sp³-hybridized carbons (Fsp3) is 0.222. The van der Waals surface area contributed by atoms with Crippen molar-refractivity contribution in [1.82, 2.24) is 4.72 Å². The maximum atomic E-state index is 12.0. The third-order valence-corrected chi connectivity index (χ3v) is 5.05. The van der Waals surface area contributed by atoms with Gasteiger partial charge in [0.2, 0.25) is 10.0 Å². The lowest BCUT2D eigenvalue weighted by atomic mass is 10.2. The molecule has 26 heavy (non-hydrogen) atoms. The molecule has 0 heterocycles. The monoisotopic (exact) mass is 376 g/mol. The summed E-state index contributed by atoms with van der Waals surface area (Å²) >= 11 is 0. The standard InChI is InChI=1S/C18H20N2O5S/c1-3-19-26(23,24)15-10-8-14(9-11-15)18(22)25-12-17(21)20-16-7-5-4-6-13(16)2/h4-11,19H,3,12H2,1-2H3,(H,20,21). The van der Waals surface area contributed by atoms with Crippen molar-refractivity contribution in [1.29, 1.82) is 0 Å². The highest BCUT2D eigenvalue weighted by molar-refractivity contribution is 7.89. The van der Waals surface area contributed by atoms with Crippen molar-refractivity contribution in [3.63, 3.8) is 0 Å². The molecule has 0 atom stereocenters. The maximum Gasteiger partial charge on any atom is 0.338 e. The summed E-state index contributed by atoms with van der Waals surface area (Å²) in [6.07, 6.45) is 0. The van der Waals surface area contributed by atoms with Gasteiger partial charge in [0.15, 0.2) is 6.61 Å². The average molecular weight is 376 g/mol. The van der Waals surface area contributed by atoms with E-state index in [9.17, 15) is 18.0 Å². The number of anilines is 1. The van der Waals surface area contributed by atoms with Crippen molar-refractivity contribution in [2.45, 2.75) is 18.7 Å². The molecule has 2 rings (SSSR count). The second-order valence-electron chi connectivity index (χ2n) is 5.46. The molecule has 0 fully saturated rings. The van der Waals surface area contributed by atoms with Gasteiger partial charge >= 0.3 is 5.97 Å². The second-order valence-corrected chi connectivity index (χ2v) is 7.23. The van der Waals surface area contributed by atoms with Crippen molar-refractivity contribution in [3.8, 4) is 0 Å². The third kappa shape index (κ3) is 5.14. The summed E-state index contributed by atoms with van der Waals surface area (Å²) in [6.45, 7) is 3.35. The molecule has 0 spiro atoms. The summed E-state index contributed by atoms with van der Waals surface area (Å²) in [5.74, 6) is -1.17. The van der Waals surface area contributed by atoms with Crippen LogP contribution in [0.4, 0.5) is 5.69 Å². The third-order valence-electron chi connectivity index (χ3n) is 3.49. The Bertz CT molecular complexity index is 892. The van der Waals surface area contributed by atoms with E-state index in [0.717, 1.165) is 5.56 Å². The zero-order valence-corrected chi connectivity index (χ0v) is 15.3. The molecule has 2 aromatic rings. The number of sulfonamides is 1. The van der Waals surface area contributed by atoms with Gasteiger partial charge in [-0.3, -0.25) is 4.79 Å². The van der Waals surface area contributed by atoms with Crippen LogP contribution in [0.25, 0.3) is 0 Å². The molecule has 0 saturated carbocycles. The number of benzene rings is 2. The first kappa shape index (κ1) is 19.6. The minimum Gasteiger partial charge on any atom is -0.452 e. The highest BCUT2D eigenvalue weighted by atomic mass is 32.2. The highest BCUT2D eigenvalue weighted by Crippen LogP contribution is 2.13. The zero-order chi connectivity index (χ0) is 19.2. The van der Waals surface area contributed by atoms with Gasteiger partial charge in [0.1, 0.15) is 0 Å². The Hall–Kier alpha value is -2.71. The van der Waals surface area contributed by atoms with Gasteiger partial charge < -0.3 is 10.1 Å². The molecule has 1 amide bonds. The molecular formula is C18H20N2O5S. The average Bonchev–Trinajstić information content (AvgIpc) is 2.62. The van der Waals surface area contributed by atoms with Crippen LogP contribution < -0.4 is 10.0 Å². The fourth-order valence-corrected chi connectivity index (χ4v) is 3.20. The van der Waals surface area contributed by atoms with E-state index in [1.165, 1.54) is 24.3 Å². The largest absolute Gasteiger partial charge is 0.452 e. The quantitative estimate of drug-likeness (QED) is 0.721. The number of aryl methyl sites for hydroxylation is 1. The van der Waals surface area contributed by atoms with E-state index in [4.69, 9.17) is 4.74 Å². The van der Waals surface area contributed by atoms with Crippen molar-refractivity contribution >= 4 is 27.6 Å². The predicted octanol–water partition coefficient (Wildman–Crippen LogP) is 2.09. The zero-order valence-electron chi connectivity index (χ0n) is 14.5. The predicted molar refractivity (Wildman–Crippen MR) is 97.4 cm³/mol. The van der Waals surface area contributed by atoms with Crippen LogP contribution in [0.3, 0.4) is 0 Å². The van der Waals surface area contributed by atoms with Crippen LogP contribution in [-0.4, -0.2) is 33.4 Å². The van der Waals surface area contributed by atoms with Crippen LogP contribution in [0, 0.1) is 6.92 Å². The first-order chi connectivity index (χ1) is 12.3. The number of carbonyl (C=O) groups is 2. The van der Waals surface area contributed by atoms with Crippen LogP contribution in [0.5, 0.6) is 0 Å². The molecule has 0 radical (unpaired) electrons. The number of rotatable bonds is 7. The first-order valence-electron chi connectivity index (χ1n) is 7.96. The molecule has 138 valence electrons. The lowest BCUT2D eigenvalue weighted by molar-refractivity contribution is -0.119. The van der Waals surface area contributed by atoms with Gasteiger partial charge in [0, 0.05) is 12.2 Å². The lowest BCUT2D eigenvalue weighted by Crippen LogP contribution is -2.23. The molecule has 8 heteroatoms. The van der Waals surface area contributed by atoms with E-state index in [-0.39, 0.29) is 17.0 Å². The van der Waals surface area contributed by atoms with E-state index in [0.29, 0.717) is 5.69 Å². The van der Waals surface area contributed by atoms with Crippen LogP contribution in [0.15, 0.2) is 53.4 Å². The molecule has 0 bridgehead atoms. The lowest BCUT2D eigenvalue weighted by Gasteiger charge is -2.09. The molecule has 0 aromatic heterocycles. The Balaban J connectivity index is 1.93. The molecule has 2 N–H and O–H groups in total. The Morgan fingerprint density at radius 1 is 1.04 bits per heavy atom. The molecule has 0 aliphatic carbocycles. The van der Waals surface area contributed by atoms with Gasteiger partial charge in [-0.15, -0.1) is 0 Å². The Morgan fingerprint density at radius 3 is 2.31 bits per heavy atom. The Kier molecular flexibility index (Phi) is 6.48. The van der Waals surface area contributed by atoms with E-state index in [2.05, 4.69) is 10.0 Å². The summed E-state index contributed by atoms with van der Waals surface area (Å²) in [5.41, 5.74) is 1.69. The SMILES string of the molecule is CCNS(=O)(=O)c1ccc(C(=O)OCC(=O)Nc2ccccc2C)cc1. The molecule has 2 aromatic carbocycles.